The van der Waals surface area contributed by atoms with E-state index in [0.29, 0.717) is 17.3 Å². The zero-order valence-electron chi connectivity index (χ0n) is 10.00. The normalized spacial score (nSPS) is 10.5. The highest BCUT2D eigenvalue weighted by Gasteiger charge is 2.07. The summed E-state index contributed by atoms with van der Waals surface area (Å²) in [5, 5.41) is 0.562. The minimum atomic E-state index is 0.562. The van der Waals surface area contributed by atoms with E-state index in [9.17, 15) is 0 Å². The molecule has 2 aromatic carbocycles. The number of hydrogen-bond acceptors (Lipinski definition) is 2. The van der Waals surface area contributed by atoms with E-state index in [1.807, 2.05) is 30.3 Å². The Bertz CT molecular complexity index is 590. The van der Waals surface area contributed by atoms with Crippen molar-refractivity contribution in [3.63, 3.8) is 0 Å². The molecule has 0 aliphatic carbocycles. The van der Waals surface area contributed by atoms with Crippen molar-refractivity contribution in [2.24, 2.45) is 5.73 Å². The summed E-state index contributed by atoms with van der Waals surface area (Å²) in [7, 11) is 0. The van der Waals surface area contributed by atoms with Gasteiger partial charge in [-0.15, -0.1) is 0 Å². The molecule has 0 fully saturated rings. The molecule has 0 bridgehead atoms. The van der Waals surface area contributed by atoms with Gasteiger partial charge >= 0.3 is 0 Å². The van der Waals surface area contributed by atoms with Crippen LogP contribution >= 0.6 is 43.5 Å². The Balaban J connectivity index is 2.23. The molecule has 5 heteroatoms. The molecule has 2 N–H and O–H groups in total. The van der Waals surface area contributed by atoms with Gasteiger partial charge in [0.25, 0.3) is 0 Å². The summed E-state index contributed by atoms with van der Waals surface area (Å²) < 4.78 is 7.60. The Morgan fingerprint density at radius 2 is 1.79 bits per heavy atom. The van der Waals surface area contributed by atoms with Crippen LogP contribution in [0.2, 0.25) is 5.02 Å². The maximum Gasteiger partial charge on any atom is 0.146 e. The number of hydrogen-bond donors (Lipinski definition) is 1. The summed E-state index contributed by atoms with van der Waals surface area (Å²) in [6.07, 6.45) is 0.845. The second-order valence-electron chi connectivity index (χ2n) is 3.98. The van der Waals surface area contributed by atoms with Crippen molar-refractivity contribution in [1.82, 2.24) is 0 Å². The van der Waals surface area contributed by atoms with E-state index in [0.717, 1.165) is 21.1 Å². The van der Waals surface area contributed by atoms with E-state index < -0.39 is 0 Å². The van der Waals surface area contributed by atoms with E-state index in [2.05, 4.69) is 31.9 Å². The van der Waals surface area contributed by atoms with Crippen LogP contribution in [0.25, 0.3) is 0 Å². The molecular weight excluding hydrogens is 393 g/mol. The SMILES string of the molecule is NCCc1ccc(Oc2ccc(Br)cc2Cl)c(Br)c1. The molecule has 100 valence electrons. The summed E-state index contributed by atoms with van der Waals surface area (Å²) in [6, 6.07) is 11.4. The monoisotopic (exact) mass is 403 g/mol. The molecule has 0 saturated carbocycles. The number of benzene rings is 2. The molecule has 0 aliphatic heterocycles. The number of rotatable bonds is 4. The van der Waals surface area contributed by atoms with Crippen LogP contribution in [-0.2, 0) is 6.42 Å². The molecule has 0 aromatic heterocycles. The average Bonchev–Trinajstić information content (AvgIpc) is 2.36. The van der Waals surface area contributed by atoms with Crippen molar-refractivity contribution in [2.45, 2.75) is 6.42 Å². The average molecular weight is 406 g/mol. The summed E-state index contributed by atoms with van der Waals surface area (Å²) in [6.45, 7) is 0.630. The van der Waals surface area contributed by atoms with Gasteiger partial charge in [0.15, 0.2) is 0 Å². The first-order valence-electron chi connectivity index (χ1n) is 5.71. The lowest BCUT2D eigenvalue weighted by Gasteiger charge is -2.10. The lowest BCUT2D eigenvalue weighted by molar-refractivity contribution is 0.479. The third-order valence-electron chi connectivity index (χ3n) is 2.54. The van der Waals surface area contributed by atoms with Gasteiger partial charge in [-0.2, -0.15) is 0 Å². The van der Waals surface area contributed by atoms with Crippen molar-refractivity contribution in [3.05, 3.63) is 55.9 Å². The fourth-order valence-electron chi connectivity index (χ4n) is 1.63. The summed E-state index contributed by atoms with van der Waals surface area (Å²) in [5.41, 5.74) is 6.71. The third kappa shape index (κ3) is 3.96. The smallest absolute Gasteiger partial charge is 0.146 e. The Morgan fingerprint density at radius 1 is 1.05 bits per heavy atom. The van der Waals surface area contributed by atoms with Crippen LogP contribution in [0, 0.1) is 0 Å². The molecule has 0 saturated heterocycles. The predicted molar refractivity (Wildman–Crippen MR) is 86.1 cm³/mol. The molecule has 0 radical (unpaired) electrons. The van der Waals surface area contributed by atoms with Crippen LogP contribution in [0.5, 0.6) is 11.5 Å². The van der Waals surface area contributed by atoms with Gasteiger partial charge in [-0.25, -0.2) is 0 Å². The third-order valence-corrected chi connectivity index (χ3v) is 3.95. The molecule has 2 aromatic rings. The van der Waals surface area contributed by atoms with Crippen LogP contribution in [-0.4, -0.2) is 6.54 Å². The fourth-order valence-corrected chi connectivity index (χ4v) is 2.84. The number of nitrogens with two attached hydrogens (primary N) is 1. The molecule has 0 atom stereocenters. The van der Waals surface area contributed by atoms with Crippen molar-refractivity contribution in [3.8, 4) is 11.5 Å². The van der Waals surface area contributed by atoms with Crippen molar-refractivity contribution < 1.29 is 4.74 Å². The van der Waals surface area contributed by atoms with Gasteiger partial charge in [-0.05, 0) is 64.8 Å². The highest BCUT2D eigenvalue weighted by atomic mass is 79.9. The van der Waals surface area contributed by atoms with Crippen LogP contribution in [0.3, 0.4) is 0 Å². The lowest BCUT2D eigenvalue weighted by atomic mass is 10.1. The van der Waals surface area contributed by atoms with Crippen molar-refractivity contribution in [1.29, 1.82) is 0 Å². The standard InChI is InChI=1S/C14H12Br2ClNO/c15-10-2-4-14(12(17)8-10)19-13-3-1-9(5-6-18)7-11(13)16/h1-4,7-8H,5-6,18H2. The zero-order chi connectivity index (χ0) is 13.8. The Hall–Kier alpha value is -0.550. The minimum Gasteiger partial charge on any atom is -0.455 e. The highest BCUT2D eigenvalue weighted by Crippen LogP contribution is 2.35. The topological polar surface area (TPSA) is 35.2 Å². The zero-order valence-corrected chi connectivity index (χ0v) is 13.9. The maximum atomic E-state index is 6.13. The Morgan fingerprint density at radius 3 is 2.42 bits per heavy atom. The van der Waals surface area contributed by atoms with Crippen LogP contribution in [0.15, 0.2) is 45.3 Å². The Labute approximate surface area is 134 Å². The molecule has 2 rings (SSSR count). The van der Waals surface area contributed by atoms with E-state index in [1.165, 1.54) is 5.56 Å². The predicted octanol–water partition coefficient (Wildman–Crippen LogP) is 5.16. The van der Waals surface area contributed by atoms with E-state index in [-0.39, 0.29) is 0 Å². The molecule has 0 heterocycles. The summed E-state index contributed by atoms with van der Waals surface area (Å²) in [4.78, 5) is 0. The van der Waals surface area contributed by atoms with Gasteiger partial charge in [0.05, 0.1) is 9.50 Å². The van der Waals surface area contributed by atoms with E-state index in [1.54, 1.807) is 6.07 Å². The van der Waals surface area contributed by atoms with Crippen molar-refractivity contribution >= 4 is 43.5 Å². The van der Waals surface area contributed by atoms with Crippen LogP contribution < -0.4 is 10.5 Å². The molecule has 19 heavy (non-hydrogen) atoms. The fraction of sp³-hybridized carbons (Fsp3) is 0.143. The van der Waals surface area contributed by atoms with E-state index in [4.69, 9.17) is 22.1 Å². The molecule has 0 unspecified atom stereocenters. The quantitative estimate of drug-likeness (QED) is 0.763. The van der Waals surface area contributed by atoms with Gasteiger partial charge < -0.3 is 10.5 Å². The van der Waals surface area contributed by atoms with Gasteiger partial charge in [0.1, 0.15) is 11.5 Å². The first-order chi connectivity index (χ1) is 9.10. The van der Waals surface area contributed by atoms with Crippen LogP contribution in [0.1, 0.15) is 5.56 Å². The first kappa shape index (κ1) is 14.9. The van der Waals surface area contributed by atoms with Crippen molar-refractivity contribution in [2.75, 3.05) is 6.54 Å². The van der Waals surface area contributed by atoms with Crippen LogP contribution in [0.4, 0.5) is 0 Å². The summed E-state index contributed by atoms with van der Waals surface area (Å²) in [5.74, 6) is 1.35. The first-order valence-corrected chi connectivity index (χ1v) is 7.68. The molecule has 0 aliphatic rings. The van der Waals surface area contributed by atoms with Gasteiger partial charge in [0.2, 0.25) is 0 Å². The lowest BCUT2D eigenvalue weighted by Crippen LogP contribution is -2.02. The minimum absolute atomic E-state index is 0.562. The van der Waals surface area contributed by atoms with E-state index >= 15 is 0 Å². The molecular formula is C14H12Br2ClNO. The molecule has 0 spiro atoms. The maximum absolute atomic E-state index is 6.13. The van der Waals surface area contributed by atoms with Gasteiger partial charge in [0, 0.05) is 4.47 Å². The number of ether oxygens (including phenoxy) is 1. The Kier molecular flexibility index (Phi) is 5.28. The molecule has 0 amide bonds. The second-order valence-corrected chi connectivity index (χ2v) is 6.16. The van der Waals surface area contributed by atoms with Gasteiger partial charge in [-0.3, -0.25) is 0 Å². The number of halogens is 3. The summed E-state index contributed by atoms with van der Waals surface area (Å²) >= 11 is 13.0. The highest BCUT2D eigenvalue weighted by molar-refractivity contribution is 9.10. The second kappa shape index (κ2) is 6.75. The van der Waals surface area contributed by atoms with Gasteiger partial charge in [-0.1, -0.05) is 33.6 Å². The largest absolute Gasteiger partial charge is 0.455 e. The molecule has 2 nitrogen and oxygen atoms in total.